The van der Waals surface area contributed by atoms with Gasteiger partial charge < -0.3 is 9.84 Å². The number of benzene rings is 2. The van der Waals surface area contributed by atoms with E-state index < -0.39 is 5.91 Å². The molecule has 0 unspecified atom stereocenters. The van der Waals surface area contributed by atoms with Crippen LogP contribution in [-0.2, 0) is 0 Å². The number of hydrazone groups is 1. The van der Waals surface area contributed by atoms with Crippen molar-refractivity contribution in [3.05, 3.63) is 54.5 Å². The SMILES string of the molecule is COc1cc(C(=O)N/N=C\c2cc(Cl)cc(Br)c2O)ccc1I. The summed E-state index contributed by atoms with van der Waals surface area (Å²) in [5, 5.41) is 14.1. The average molecular weight is 510 g/mol. The predicted molar refractivity (Wildman–Crippen MR) is 102 cm³/mol. The van der Waals surface area contributed by atoms with Crippen LogP contribution < -0.4 is 10.2 Å². The molecule has 2 aromatic carbocycles. The average Bonchev–Trinajstić information content (AvgIpc) is 2.52. The Hall–Kier alpha value is -1.32. The van der Waals surface area contributed by atoms with Crippen molar-refractivity contribution in [3.8, 4) is 11.5 Å². The second-order valence-corrected chi connectivity index (χ2v) is 6.83. The first-order valence-corrected chi connectivity index (χ1v) is 8.52. The molecular weight excluding hydrogens is 498 g/mol. The molecular formula is C15H11BrClIN2O3. The summed E-state index contributed by atoms with van der Waals surface area (Å²) in [6.45, 7) is 0. The molecule has 2 aromatic rings. The number of hydrogen-bond acceptors (Lipinski definition) is 4. The van der Waals surface area contributed by atoms with E-state index in [9.17, 15) is 9.90 Å². The zero-order valence-corrected chi connectivity index (χ0v) is 16.3. The Kier molecular flexibility index (Phi) is 6.25. The molecule has 0 spiro atoms. The minimum Gasteiger partial charge on any atom is -0.506 e. The normalized spacial score (nSPS) is 10.8. The highest BCUT2D eigenvalue weighted by atomic mass is 127. The van der Waals surface area contributed by atoms with Crippen molar-refractivity contribution < 1.29 is 14.6 Å². The van der Waals surface area contributed by atoms with E-state index in [0.29, 0.717) is 26.4 Å². The number of carbonyl (C=O) groups is 1. The number of halogens is 3. The highest BCUT2D eigenvalue weighted by molar-refractivity contribution is 14.1. The zero-order chi connectivity index (χ0) is 17.0. The Morgan fingerprint density at radius 2 is 2.17 bits per heavy atom. The summed E-state index contributed by atoms with van der Waals surface area (Å²) in [5.74, 6) is 0.207. The van der Waals surface area contributed by atoms with Crippen LogP contribution in [0.3, 0.4) is 0 Å². The van der Waals surface area contributed by atoms with E-state index in [4.69, 9.17) is 16.3 Å². The van der Waals surface area contributed by atoms with Gasteiger partial charge in [-0.15, -0.1) is 0 Å². The maximum atomic E-state index is 12.1. The Labute approximate surface area is 160 Å². The van der Waals surface area contributed by atoms with Crippen LogP contribution in [0.15, 0.2) is 39.9 Å². The standard InChI is InChI=1S/C15H11BrClIN2O3/c1-23-13-5-8(2-3-12(13)18)15(22)20-19-7-9-4-10(17)6-11(16)14(9)21/h2-7,21H,1H3,(H,20,22)/b19-7-. The molecule has 120 valence electrons. The molecule has 0 saturated carbocycles. The van der Waals surface area contributed by atoms with Gasteiger partial charge >= 0.3 is 0 Å². The lowest BCUT2D eigenvalue weighted by molar-refractivity contribution is 0.0954. The minimum absolute atomic E-state index is 0.0108. The van der Waals surface area contributed by atoms with E-state index in [-0.39, 0.29) is 5.75 Å². The molecule has 0 atom stereocenters. The Bertz CT molecular complexity index is 784. The molecule has 0 fully saturated rings. The van der Waals surface area contributed by atoms with Gasteiger partial charge in [0.25, 0.3) is 5.91 Å². The highest BCUT2D eigenvalue weighted by Crippen LogP contribution is 2.30. The van der Waals surface area contributed by atoms with E-state index >= 15 is 0 Å². The number of carbonyl (C=O) groups excluding carboxylic acids is 1. The Morgan fingerprint density at radius 1 is 1.43 bits per heavy atom. The first-order chi connectivity index (χ1) is 10.9. The third kappa shape index (κ3) is 4.58. The lowest BCUT2D eigenvalue weighted by atomic mass is 10.2. The summed E-state index contributed by atoms with van der Waals surface area (Å²) in [6.07, 6.45) is 1.31. The van der Waals surface area contributed by atoms with Gasteiger partial charge in [-0.25, -0.2) is 5.43 Å². The second-order valence-electron chi connectivity index (χ2n) is 4.37. The first kappa shape index (κ1) is 18.0. The molecule has 0 aliphatic rings. The quantitative estimate of drug-likeness (QED) is 0.369. The molecule has 8 heteroatoms. The molecule has 0 aliphatic heterocycles. The third-order valence-electron chi connectivity index (χ3n) is 2.84. The third-order valence-corrected chi connectivity index (χ3v) is 4.55. The molecule has 2 N–H and O–H groups in total. The van der Waals surface area contributed by atoms with E-state index in [1.54, 1.807) is 24.3 Å². The van der Waals surface area contributed by atoms with Crippen LogP contribution in [0.1, 0.15) is 15.9 Å². The first-order valence-electron chi connectivity index (χ1n) is 6.27. The molecule has 0 saturated heterocycles. The van der Waals surface area contributed by atoms with E-state index in [1.165, 1.54) is 19.4 Å². The van der Waals surface area contributed by atoms with Crippen molar-refractivity contribution in [2.75, 3.05) is 7.11 Å². The van der Waals surface area contributed by atoms with Gasteiger partial charge in [0.1, 0.15) is 11.5 Å². The van der Waals surface area contributed by atoms with Gasteiger partial charge in [-0.1, -0.05) is 11.6 Å². The number of nitrogens with one attached hydrogen (secondary N) is 1. The van der Waals surface area contributed by atoms with Gasteiger partial charge in [-0.3, -0.25) is 4.79 Å². The van der Waals surface area contributed by atoms with Crippen molar-refractivity contribution in [1.29, 1.82) is 0 Å². The van der Waals surface area contributed by atoms with E-state index in [0.717, 1.165) is 3.57 Å². The van der Waals surface area contributed by atoms with Crippen LogP contribution >= 0.6 is 50.1 Å². The number of methoxy groups -OCH3 is 1. The monoisotopic (exact) mass is 508 g/mol. The lowest BCUT2D eigenvalue weighted by Gasteiger charge is -2.06. The summed E-state index contributed by atoms with van der Waals surface area (Å²) in [7, 11) is 1.54. The van der Waals surface area contributed by atoms with Crippen LogP contribution in [0, 0.1) is 3.57 Å². The second kappa shape index (κ2) is 7.98. The topological polar surface area (TPSA) is 70.9 Å². The number of aromatic hydroxyl groups is 1. The number of phenolic OH excluding ortho intramolecular Hbond substituents is 1. The van der Waals surface area contributed by atoms with Crippen LogP contribution in [0.25, 0.3) is 0 Å². The molecule has 0 aromatic heterocycles. The summed E-state index contributed by atoms with van der Waals surface area (Å²) in [5.41, 5.74) is 3.18. The van der Waals surface area contributed by atoms with Gasteiger partial charge in [-0.05, 0) is 68.9 Å². The lowest BCUT2D eigenvalue weighted by Crippen LogP contribution is -2.17. The van der Waals surface area contributed by atoms with Gasteiger partial charge in [0.05, 0.1) is 21.4 Å². The predicted octanol–water partition coefficient (Wildman–Crippen LogP) is 4.19. The summed E-state index contributed by atoms with van der Waals surface area (Å²) >= 11 is 11.2. The van der Waals surface area contributed by atoms with Crippen LogP contribution in [0.2, 0.25) is 5.02 Å². The smallest absolute Gasteiger partial charge is 0.271 e. The van der Waals surface area contributed by atoms with Crippen molar-refractivity contribution in [1.82, 2.24) is 5.43 Å². The van der Waals surface area contributed by atoms with E-state index in [2.05, 4.69) is 49.0 Å². The van der Waals surface area contributed by atoms with Crippen LogP contribution in [0.4, 0.5) is 0 Å². The molecule has 0 heterocycles. The molecule has 0 aliphatic carbocycles. The number of hydrogen-bond donors (Lipinski definition) is 2. The molecule has 5 nitrogen and oxygen atoms in total. The highest BCUT2D eigenvalue weighted by Gasteiger charge is 2.09. The van der Waals surface area contributed by atoms with E-state index in [1.807, 2.05) is 0 Å². The summed E-state index contributed by atoms with van der Waals surface area (Å²) in [6, 6.07) is 8.16. The maximum absolute atomic E-state index is 12.1. The van der Waals surface area contributed by atoms with Crippen LogP contribution in [-0.4, -0.2) is 24.3 Å². The zero-order valence-electron chi connectivity index (χ0n) is 11.8. The number of rotatable bonds is 4. The van der Waals surface area contributed by atoms with Gasteiger partial charge in [0, 0.05) is 16.1 Å². The number of phenols is 1. The van der Waals surface area contributed by atoms with Crippen molar-refractivity contribution in [2.24, 2.45) is 5.10 Å². The van der Waals surface area contributed by atoms with Crippen LogP contribution in [0.5, 0.6) is 11.5 Å². The Balaban J connectivity index is 2.13. The molecule has 23 heavy (non-hydrogen) atoms. The fraction of sp³-hybridized carbons (Fsp3) is 0.0667. The van der Waals surface area contributed by atoms with Crippen molar-refractivity contribution in [3.63, 3.8) is 0 Å². The maximum Gasteiger partial charge on any atom is 0.271 e. The van der Waals surface area contributed by atoms with Crippen molar-refractivity contribution >= 4 is 62.2 Å². The molecule has 2 rings (SSSR count). The van der Waals surface area contributed by atoms with Gasteiger partial charge in [0.2, 0.25) is 0 Å². The molecule has 0 bridgehead atoms. The van der Waals surface area contributed by atoms with Crippen molar-refractivity contribution in [2.45, 2.75) is 0 Å². The number of amides is 1. The molecule has 1 amide bonds. The fourth-order valence-corrected chi connectivity index (χ4v) is 3.10. The molecule has 0 radical (unpaired) electrons. The minimum atomic E-state index is -0.392. The summed E-state index contributed by atoms with van der Waals surface area (Å²) in [4.78, 5) is 12.1. The Morgan fingerprint density at radius 3 is 2.87 bits per heavy atom. The summed E-state index contributed by atoms with van der Waals surface area (Å²) < 4.78 is 6.52. The largest absolute Gasteiger partial charge is 0.506 e. The number of ether oxygens (including phenoxy) is 1. The van der Waals surface area contributed by atoms with Gasteiger partial charge in [-0.2, -0.15) is 5.10 Å². The number of nitrogens with zero attached hydrogens (tertiary/aromatic N) is 1. The fourth-order valence-electron chi connectivity index (χ4n) is 1.71. The van der Waals surface area contributed by atoms with Gasteiger partial charge in [0.15, 0.2) is 0 Å².